The second kappa shape index (κ2) is 9.10. The largest absolute Gasteiger partial charge is 0.486 e. The maximum absolute atomic E-state index is 12.6. The summed E-state index contributed by atoms with van der Waals surface area (Å²) in [6, 6.07) is 11.5. The topological polar surface area (TPSA) is 128 Å². The SMILES string of the molecule is O=C(NCCN1C(=O)S/C(=C\c2ccccc2)C1=O)c1cc2c(cc1[N+](=O)[O-])OCCO2. The Balaban J connectivity index is 1.42. The molecular weight excluding hydrogens is 438 g/mol. The number of imide groups is 1. The number of hydrogen-bond donors (Lipinski definition) is 1. The van der Waals surface area contributed by atoms with Crippen molar-refractivity contribution in [1.82, 2.24) is 10.2 Å². The molecule has 4 rings (SSSR count). The van der Waals surface area contributed by atoms with E-state index in [4.69, 9.17) is 9.47 Å². The Morgan fingerprint density at radius 1 is 1.16 bits per heavy atom. The molecule has 10 nitrogen and oxygen atoms in total. The molecule has 32 heavy (non-hydrogen) atoms. The first kappa shape index (κ1) is 21.4. The molecule has 1 N–H and O–H groups in total. The number of rotatable bonds is 6. The number of thioether (sulfide) groups is 1. The second-order valence-corrected chi connectivity index (χ2v) is 7.76. The van der Waals surface area contributed by atoms with Crippen molar-refractivity contribution < 1.29 is 28.8 Å². The van der Waals surface area contributed by atoms with Crippen LogP contribution in [-0.4, -0.2) is 53.2 Å². The molecule has 2 aliphatic rings. The number of amides is 3. The van der Waals surface area contributed by atoms with Gasteiger partial charge in [-0.05, 0) is 23.4 Å². The molecule has 2 aliphatic heterocycles. The lowest BCUT2D eigenvalue weighted by Crippen LogP contribution is -2.37. The summed E-state index contributed by atoms with van der Waals surface area (Å²) in [6.07, 6.45) is 1.63. The van der Waals surface area contributed by atoms with Crippen molar-refractivity contribution in [2.45, 2.75) is 0 Å². The van der Waals surface area contributed by atoms with Crippen LogP contribution in [0.5, 0.6) is 11.5 Å². The molecule has 0 unspecified atom stereocenters. The van der Waals surface area contributed by atoms with Crippen LogP contribution in [0.15, 0.2) is 47.4 Å². The van der Waals surface area contributed by atoms with Gasteiger partial charge in [-0.1, -0.05) is 30.3 Å². The Kier molecular flexibility index (Phi) is 6.08. The van der Waals surface area contributed by atoms with E-state index >= 15 is 0 Å². The van der Waals surface area contributed by atoms with Gasteiger partial charge in [0.15, 0.2) is 11.5 Å². The van der Waals surface area contributed by atoms with Crippen LogP contribution in [0.2, 0.25) is 0 Å². The van der Waals surface area contributed by atoms with Gasteiger partial charge in [0.1, 0.15) is 18.8 Å². The van der Waals surface area contributed by atoms with Crippen molar-refractivity contribution in [3.8, 4) is 11.5 Å². The molecule has 0 atom stereocenters. The fourth-order valence-corrected chi connectivity index (χ4v) is 4.05. The highest BCUT2D eigenvalue weighted by atomic mass is 32.2. The summed E-state index contributed by atoms with van der Waals surface area (Å²) in [5.41, 5.74) is 0.165. The summed E-state index contributed by atoms with van der Waals surface area (Å²) in [7, 11) is 0. The van der Waals surface area contributed by atoms with Gasteiger partial charge in [0.2, 0.25) is 0 Å². The maximum Gasteiger partial charge on any atom is 0.293 e. The van der Waals surface area contributed by atoms with Crippen LogP contribution in [0.3, 0.4) is 0 Å². The van der Waals surface area contributed by atoms with Gasteiger partial charge in [0.25, 0.3) is 22.7 Å². The lowest BCUT2D eigenvalue weighted by Gasteiger charge is -2.19. The van der Waals surface area contributed by atoms with Crippen molar-refractivity contribution in [2.24, 2.45) is 0 Å². The van der Waals surface area contributed by atoms with Crippen molar-refractivity contribution in [3.05, 3.63) is 68.6 Å². The Labute approximate surface area is 186 Å². The van der Waals surface area contributed by atoms with Gasteiger partial charge >= 0.3 is 0 Å². The summed E-state index contributed by atoms with van der Waals surface area (Å²) in [4.78, 5) is 49.4. The quantitative estimate of drug-likeness (QED) is 0.400. The van der Waals surface area contributed by atoms with Gasteiger partial charge < -0.3 is 14.8 Å². The van der Waals surface area contributed by atoms with Crippen molar-refractivity contribution in [2.75, 3.05) is 26.3 Å². The first-order valence-corrected chi connectivity index (χ1v) is 10.4. The van der Waals surface area contributed by atoms with Crippen molar-refractivity contribution in [1.29, 1.82) is 0 Å². The minimum Gasteiger partial charge on any atom is -0.486 e. The van der Waals surface area contributed by atoms with Crippen LogP contribution in [-0.2, 0) is 4.79 Å². The van der Waals surface area contributed by atoms with Gasteiger partial charge in [0, 0.05) is 19.2 Å². The number of benzene rings is 2. The third kappa shape index (κ3) is 4.42. The normalized spacial score (nSPS) is 16.4. The Morgan fingerprint density at radius 2 is 1.84 bits per heavy atom. The van der Waals surface area contributed by atoms with E-state index in [-0.39, 0.29) is 48.3 Å². The van der Waals surface area contributed by atoms with Crippen LogP contribution < -0.4 is 14.8 Å². The maximum atomic E-state index is 12.6. The number of carbonyl (C=O) groups excluding carboxylic acids is 3. The van der Waals surface area contributed by atoms with Crippen LogP contribution in [0.25, 0.3) is 6.08 Å². The lowest BCUT2D eigenvalue weighted by molar-refractivity contribution is -0.385. The monoisotopic (exact) mass is 455 g/mol. The van der Waals surface area contributed by atoms with E-state index in [1.807, 2.05) is 30.3 Å². The van der Waals surface area contributed by atoms with Gasteiger partial charge in [-0.3, -0.25) is 29.4 Å². The molecule has 3 amide bonds. The summed E-state index contributed by atoms with van der Waals surface area (Å²) >= 11 is 0.820. The molecule has 2 aromatic rings. The van der Waals surface area contributed by atoms with Crippen molar-refractivity contribution in [3.63, 3.8) is 0 Å². The number of fused-ring (bicyclic) bond motifs is 1. The molecule has 0 aromatic heterocycles. The minimum atomic E-state index is -0.722. The van der Waals surface area contributed by atoms with Crippen LogP contribution in [0.4, 0.5) is 10.5 Å². The molecule has 0 bridgehead atoms. The number of carbonyl (C=O) groups is 3. The summed E-state index contributed by atoms with van der Waals surface area (Å²) < 4.78 is 10.7. The van der Waals surface area contributed by atoms with E-state index in [0.717, 1.165) is 28.3 Å². The molecule has 2 aromatic carbocycles. The van der Waals surface area contributed by atoms with E-state index in [2.05, 4.69) is 5.32 Å². The molecule has 0 spiro atoms. The van der Waals surface area contributed by atoms with E-state index in [1.165, 1.54) is 6.07 Å². The van der Waals surface area contributed by atoms with Crippen LogP contribution >= 0.6 is 11.8 Å². The molecule has 0 aliphatic carbocycles. The number of ether oxygens (including phenoxy) is 2. The first-order chi connectivity index (χ1) is 15.4. The highest BCUT2D eigenvalue weighted by Gasteiger charge is 2.35. The minimum absolute atomic E-state index is 0.0684. The Morgan fingerprint density at radius 3 is 2.53 bits per heavy atom. The van der Waals surface area contributed by atoms with Crippen LogP contribution in [0.1, 0.15) is 15.9 Å². The molecular formula is C21H17N3O7S. The fourth-order valence-electron chi connectivity index (χ4n) is 3.18. The second-order valence-electron chi connectivity index (χ2n) is 6.77. The molecule has 1 saturated heterocycles. The highest BCUT2D eigenvalue weighted by molar-refractivity contribution is 8.18. The molecule has 11 heteroatoms. The molecule has 2 heterocycles. The van der Waals surface area contributed by atoms with E-state index in [0.29, 0.717) is 0 Å². The van der Waals surface area contributed by atoms with Gasteiger partial charge in [-0.2, -0.15) is 0 Å². The van der Waals surface area contributed by atoms with Gasteiger partial charge in [-0.25, -0.2) is 0 Å². The zero-order valence-corrected chi connectivity index (χ0v) is 17.4. The average molecular weight is 455 g/mol. The smallest absolute Gasteiger partial charge is 0.293 e. The number of hydrogen-bond acceptors (Lipinski definition) is 8. The fraction of sp³-hybridized carbons (Fsp3) is 0.190. The lowest BCUT2D eigenvalue weighted by atomic mass is 10.1. The third-order valence-electron chi connectivity index (χ3n) is 4.69. The van der Waals surface area contributed by atoms with Gasteiger partial charge in [-0.15, -0.1) is 0 Å². The van der Waals surface area contributed by atoms with E-state index < -0.39 is 27.7 Å². The predicted octanol–water partition coefficient (Wildman–Crippen LogP) is 2.83. The highest BCUT2D eigenvalue weighted by Crippen LogP contribution is 2.36. The number of nitrogens with zero attached hydrogens (tertiary/aromatic N) is 2. The van der Waals surface area contributed by atoms with E-state index in [9.17, 15) is 24.5 Å². The van der Waals surface area contributed by atoms with Crippen molar-refractivity contribution >= 4 is 40.6 Å². The predicted molar refractivity (Wildman–Crippen MR) is 116 cm³/mol. The Bertz CT molecular complexity index is 1130. The zero-order chi connectivity index (χ0) is 22.7. The first-order valence-electron chi connectivity index (χ1n) is 9.60. The van der Waals surface area contributed by atoms with Gasteiger partial charge in [0.05, 0.1) is 15.9 Å². The molecule has 0 saturated carbocycles. The summed E-state index contributed by atoms with van der Waals surface area (Å²) in [5.74, 6) is -0.740. The molecule has 0 radical (unpaired) electrons. The number of nitro benzene ring substituents is 1. The number of nitrogens with one attached hydrogen (secondary N) is 1. The summed E-state index contributed by atoms with van der Waals surface area (Å²) in [6.45, 7) is 0.385. The Hall–Kier alpha value is -3.86. The van der Waals surface area contributed by atoms with Crippen LogP contribution in [0, 0.1) is 10.1 Å². The molecule has 164 valence electrons. The number of nitro groups is 1. The van der Waals surface area contributed by atoms with E-state index in [1.54, 1.807) is 6.08 Å². The zero-order valence-electron chi connectivity index (χ0n) is 16.6. The summed E-state index contributed by atoms with van der Waals surface area (Å²) in [5, 5.41) is 13.5. The third-order valence-corrected chi connectivity index (χ3v) is 5.60. The standard InChI is InChI=1S/C21H17N3O7S/c25-19(14-11-16-17(31-9-8-30-16)12-15(14)24(28)29)22-6-7-23-20(26)18(32-21(23)27)10-13-4-2-1-3-5-13/h1-5,10-12H,6-9H2,(H,22,25)/b18-10-. The molecule has 1 fully saturated rings. The average Bonchev–Trinajstić information content (AvgIpc) is 3.06.